The average molecular weight is 352 g/mol. The van der Waals surface area contributed by atoms with Crippen LogP contribution in [0.3, 0.4) is 0 Å². The van der Waals surface area contributed by atoms with Crippen molar-refractivity contribution in [2.24, 2.45) is 0 Å². The van der Waals surface area contributed by atoms with Crippen LogP contribution in [0.25, 0.3) is 5.65 Å². The number of likely N-dealkylation sites (tertiary alicyclic amines) is 1. The summed E-state index contributed by atoms with van der Waals surface area (Å²) in [5.74, 6) is 2.21. The van der Waals surface area contributed by atoms with Crippen molar-refractivity contribution < 1.29 is 9.21 Å². The van der Waals surface area contributed by atoms with Gasteiger partial charge in [0, 0.05) is 31.8 Å². The van der Waals surface area contributed by atoms with Crippen LogP contribution < -0.4 is 0 Å². The Morgan fingerprint density at radius 2 is 1.92 bits per heavy atom. The van der Waals surface area contributed by atoms with E-state index in [1.807, 2.05) is 15.5 Å². The standard InChI is InChI=1S/C18H20N6O2/c1-11-19-15(10-26-11)18(25)23-8-6-13(7-9-23)17-21-20-16-5-4-14(12-2-3-12)22-24(16)17/h4-5,10,12-13H,2-3,6-9H2,1H3. The van der Waals surface area contributed by atoms with Gasteiger partial charge in [0.05, 0.1) is 5.69 Å². The fourth-order valence-electron chi connectivity index (χ4n) is 3.64. The van der Waals surface area contributed by atoms with Gasteiger partial charge < -0.3 is 9.32 Å². The zero-order chi connectivity index (χ0) is 17.7. The normalized spacial score (nSPS) is 18.6. The number of piperidine rings is 1. The number of oxazole rings is 1. The second-order valence-electron chi connectivity index (χ2n) is 7.18. The van der Waals surface area contributed by atoms with E-state index in [1.54, 1.807) is 6.92 Å². The number of rotatable bonds is 3. The Bertz CT molecular complexity index is 965. The molecule has 0 N–H and O–H groups in total. The van der Waals surface area contributed by atoms with Crippen LogP contribution in [-0.4, -0.2) is 48.7 Å². The lowest BCUT2D eigenvalue weighted by Crippen LogP contribution is -2.38. The van der Waals surface area contributed by atoms with Gasteiger partial charge in [-0.05, 0) is 37.8 Å². The van der Waals surface area contributed by atoms with E-state index in [0.29, 0.717) is 30.6 Å². The molecule has 8 heteroatoms. The lowest BCUT2D eigenvalue weighted by atomic mass is 9.96. The van der Waals surface area contributed by atoms with E-state index in [-0.39, 0.29) is 11.8 Å². The Kier molecular flexibility index (Phi) is 3.51. The summed E-state index contributed by atoms with van der Waals surface area (Å²) in [5, 5.41) is 13.4. The molecule has 134 valence electrons. The molecule has 1 amide bonds. The van der Waals surface area contributed by atoms with Crippen molar-refractivity contribution in [2.45, 2.75) is 44.4 Å². The van der Waals surface area contributed by atoms with Crippen molar-refractivity contribution in [3.05, 3.63) is 41.5 Å². The minimum absolute atomic E-state index is 0.0689. The van der Waals surface area contributed by atoms with Crippen molar-refractivity contribution in [2.75, 3.05) is 13.1 Å². The monoisotopic (exact) mass is 352 g/mol. The molecule has 1 aliphatic heterocycles. The minimum Gasteiger partial charge on any atom is -0.448 e. The molecular formula is C18H20N6O2. The minimum atomic E-state index is -0.0689. The van der Waals surface area contributed by atoms with Gasteiger partial charge in [-0.3, -0.25) is 4.79 Å². The van der Waals surface area contributed by atoms with Gasteiger partial charge in [-0.25, -0.2) is 4.98 Å². The highest BCUT2D eigenvalue weighted by atomic mass is 16.3. The van der Waals surface area contributed by atoms with Gasteiger partial charge in [0.2, 0.25) is 0 Å². The molecule has 0 radical (unpaired) electrons. The largest absolute Gasteiger partial charge is 0.448 e. The molecule has 3 aromatic rings. The predicted molar refractivity (Wildman–Crippen MR) is 91.9 cm³/mol. The molecule has 26 heavy (non-hydrogen) atoms. The molecule has 1 saturated heterocycles. The number of nitrogens with zero attached hydrogens (tertiary/aromatic N) is 6. The van der Waals surface area contributed by atoms with Crippen molar-refractivity contribution in [1.29, 1.82) is 0 Å². The molecule has 1 saturated carbocycles. The number of carbonyl (C=O) groups excluding carboxylic acids is 1. The van der Waals surface area contributed by atoms with Gasteiger partial charge in [0.15, 0.2) is 23.1 Å². The molecule has 0 aromatic carbocycles. The first-order valence-electron chi connectivity index (χ1n) is 9.12. The highest BCUT2D eigenvalue weighted by Crippen LogP contribution is 2.39. The second kappa shape index (κ2) is 5.89. The number of amides is 1. The van der Waals surface area contributed by atoms with E-state index in [2.05, 4.69) is 21.2 Å². The van der Waals surface area contributed by atoms with Gasteiger partial charge in [0.1, 0.15) is 6.26 Å². The van der Waals surface area contributed by atoms with Crippen LogP contribution in [0.5, 0.6) is 0 Å². The number of aryl methyl sites for hydroxylation is 1. The second-order valence-corrected chi connectivity index (χ2v) is 7.18. The summed E-state index contributed by atoms with van der Waals surface area (Å²) >= 11 is 0. The van der Waals surface area contributed by atoms with Crippen LogP contribution in [0.2, 0.25) is 0 Å². The molecule has 0 unspecified atom stereocenters. The maximum absolute atomic E-state index is 12.5. The Balaban J connectivity index is 1.33. The fourth-order valence-corrected chi connectivity index (χ4v) is 3.64. The molecular weight excluding hydrogens is 332 g/mol. The number of aromatic nitrogens is 5. The summed E-state index contributed by atoms with van der Waals surface area (Å²) in [7, 11) is 0. The van der Waals surface area contributed by atoms with Crippen LogP contribution in [0.1, 0.15) is 65.4 Å². The summed E-state index contributed by atoms with van der Waals surface area (Å²) in [6.07, 6.45) is 5.56. The lowest BCUT2D eigenvalue weighted by Gasteiger charge is -2.30. The first-order valence-corrected chi connectivity index (χ1v) is 9.12. The van der Waals surface area contributed by atoms with Gasteiger partial charge in [-0.15, -0.1) is 10.2 Å². The Labute approximate surface area is 150 Å². The van der Waals surface area contributed by atoms with Gasteiger partial charge in [-0.1, -0.05) is 0 Å². The molecule has 5 rings (SSSR count). The van der Waals surface area contributed by atoms with Crippen LogP contribution >= 0.6 is 0 Å². The lowest BCUT2D eigenvalue weighted by molar-refractivity contribution is 0.0704. The number of carbonyl (C=O) groups is 1. The first-order chi connectivity index (χ1) is 12.7. The molecule has 0 atom stereocenters. The Hall–Kier alpha value is -2.77. The third kappa shape index (κ3) is 2.65. The van der Waals surface area contributed by atoms with Crippen molar-refractivity contribution in [1.82, 2.24) is 29.7 Å². The van der Waals surface area contributed by atoms with E-state index < -0.39 is 0 Å². The van der Waals surface area contributed by atoms with Crippen molar-refractivity contribution in [3.8, 4) is 0 Å². The maximum Gasteiger partial charge on any atom is 0.275 e. The van der Waals surface area contributed by atoms with Crippen LogP contribution in [0.4, 0.5) is 0 Å². The molecule has 8 nitrogen and oxygen atoms in total. The Morgan fingerprint density at radius 1 is 1.12 bits per heavy atom. The zero-order valence-electron chi connectivity index (χ0n) is 14.6. The summed E-state index contributed by atoms with van der Waals surface area (Å²) in [5.41, 5.74) is 2.30. The molecule has 4 heterocycles. The van der Waals surface area contributed by atoms with Crippen LogP contribution in [0, 0.1) is 6.92 Å². The summed E-state index contributed by atoms with van der Waals surface area (Å²) in [6, 6.07) is 4.06. The van der Waals surface area contributed by atoms with E-state index in [9.17, 15) is 4.79 Å². The first kappa shape index (κ1) is 15.5. The van der Waals surface area contributed by atoms with E-state index >= 15 is 0 Å². The molecule has 0 bridgehead atoms. The highest BCUT2D eigenvalue weighted by Gasteiger charge is 2.30. The quantitative estimate of drug-likeness (QED) is 0.719. The molecule has 1 aliphatic carbocycles. The molecule has 0 spiro atoms. The smallest absolute Gasteiger partial charge is 0.275 e. The van der Waals surface area contributed by atoms with Crippen molar-refractivity contribution in [3.63, 3.8) is 0 Å². The van der Waals surface area contributed by atoms with Crippen LogP contribution in [0.15, 0.2) is 22.8 Å². The number of fused-ring (bicyclic) bond motifs is 1. The number of hydrogen-bond acceptors (Lipinski definition) is 6. The average Bonchev–Trinajstić information content (AvgIpc) is 3.30. The molecule has 3 aromatic heterocycles. The summed E-state index contributed by atoms with van der Waals surface area (Å²) in [4.78, 5) is 18.5. The van der Waals surface area contributed by atoms with Gasteiger partial charge in [0.25, 0.3) is 5.91 Å². The fraction of sp³-hybridized carbons (Fsp3) is 0.500. The number of hydrogen-bond donors (Lipinski definition) is 0. The summed E-state index contributed by atoms with van der Waals surface area (Å²) < 4.78 is 7.05. The van der Waals surface area contributed by atoms with Crippen molar-refractivity contribution >= 4 is 11.6 Å². The SMILES string of the molecule is Cc1nc(C(=O)N2CCC(c3nnc4ccc(C5CC5)nn34)CC2)co1. The molecule has 2 aliphatic rings. The van der Waals surface area contributed by atoms with Crippen LogP contribution in [-0.2, 0) is 0 Å². The van der Waals surface area contributed by atoms with E-state index in [1.165, 1.54) is 19.1 Å². The molecule has 2 fully saturated rings. The zero-order valence-corrected chi connectivity index (χ0v) is 14.6. The maximum atomic E-state index is 12.5. The Morgan fingerprint density at radius 3 is 2.62 bits per heavy atom. The predicted octanol–water partition coefficient (Wildman–Crippen LogP) is 2.32. The third-order valence-electron chi connectivity index (χ3n) is 5.29. The van der Waals surface area contributed by atoms with E-state index in [4.69, 9.17) is 9.52 Å². The topological polar surface area (TPSA) is 89.4 Å². The van der Waals surface area contributed by atoms with Gasteiger partial charge in [-0.2, -0.15) is 9.61 Å². The van der Waals surface area contributed by atoms with Gasteiger partial charge >= 0.3 is 0 Å². The third-order valence-corrected chi connectivity index (χ3v) is 5.29. The van der Waals surface area contributed by atoms with E-state index in [0.717, 1.165) is 30.0 Å². The highest BCUT2D eigenvalue weighted by molar-refractivity contribution is 5.92. The summed E-state index contributed by atoms with van der Waals surface area (Å²) in [6.45, 7) is 3.08.